The predicted molar refractivity (Wildman–Crippen MR) is 73.8 cm³/mol. The molecule has 19 heavy (non-hydrogen) atoms. The monoisotopic (exact) mass is 267 g/mol. The summed E-state index contributed by atoms with van der Waals surface area (Å²) in [6.45, 7) is 0.746. The van der Waals surface area contributed by atoms with Crippen molar-refractivity contribution < 1.29 is 14.6 Å². The molecule has 2 aliphatic heterocycles. The van der Waals surface area contributed by atoms with Gasteiger partial charge in [0.05, 0.1) is 12.2 Å². The van der Waals surface area contributed by atoms with Gasteiger partial charge in [-0.15, -0.1) is 0 Å². The zero-order chi connectivity index (χ0) is 13.7. The number of aliphatic carboxylic acids is 1. The molecule has 0 saturated carbocycles. The van der Waals surface area contributed by atoms with E-state index in [4.69, 9.17) is 15.6 Å². The maximum absolute atomic E-state index is 10.4. The molecule has 2 fully saturated rings. The van der Waals surface area contributed by atoms with E-state index >= 15 is 0 Å². The highest BCUT2D eigenvalue weighted by atomic mass is 16.5. The summed E-state index contributed by atoms with van der Waals surface area (Å²) in [5.41, 5.74) is 5.70. The first-order valence-electron chi connectivity index (χ1n) is 7.44. The second-order valence-electron chi connectivity index (χ2n) is 5.69. The van der Waals surface area contributed by atoms with Crippen LogP contribution in [0.4, 0.5) is 0 Å². The molecule has 0 aromatic heterocycles. The third kappa shape index (κ3) is 3.80. The van der Waals surface area contributed by atoms with Crippen LogP contribution >= 0.6 is 0 Å². The third-order valence-electron chi connectivity index (χ3n) is 4.43. The number of carboxylic acid groups (broad SMARTS) is 1. The molecule has 2 saturated heterocycles. The Bertz CT molecular complexity index is 329. The lowest BCUT2D eigenvalue weighted by molar-refractivity contribution is -0.137. The van der Waals surface area contributed by atoms with E-state index in [0.717, 1.165) is 32.2 Å². The Morgan fingerprint density at radius 1 is 1.26 bits per heavy atom. The molecule has 0 amide bonds. The number of carbonyl (C=O) groups is 1. The maximum Gasteiger partial charge on any atom is 0.303 e. The highest BCUT2D eigenvalue weighted by Gasteiger charge is 2.47. The van der Waals surface area contributed by atoms with E-state index in [0.29, 0.717) is 24.0 Å². The average Bonchev–Trinajstić information content (AvgIpc) is 2.95. The highest BCUT2D eigenvalue weighted by Crippen LogP contribution is 2.46. The Labute approximate surface area is 115 Å². The lowest BCUT2D eigenvalue weighted by atomic mass is 9.76. The molecule has 2 rings (SSSR count). The number of hydrogen-bond acceptors (Lipinski definition) is 3. The largest absolute Gasteiger partial charge is 0.481 e. The minimum atomic E-state index is -0.710. The van der Waals surface area contributed by atoms with Crippen LogP contribution in [0.25, 0.3) is 0 Å². The zero-order valence-corrected chi connectivity index (χ0v) is 11.5. The molecule has 3 N–H and O–H groups in total. The second kappa shape index (κ2) is 7.06. The fourth-order valence-corrected chi connectivity index (χ4v) is 3.53. The molecule has 4 heteroatoms. The van der Waals surface area contributed by atoms with Crippen molar-refractivity contribution >= 4 is 5.97 Å². The van der Waals surface area contributed by atoms with Crippen molar-refractivity contribution in [2.24, 2.45) is 17.6 Å². The first-order chi connectivity index (χ1) is 9.22. The smallest absolute Gasteiger partial charge is 0.303 e. The molecule has 0 radical (unpaired) electrons. The molecular formula is C15H25NO3. The number of unbranched alkanes of at least 4 members (excludes halogenated alkanes) is 1. The van der Waals surface area contributed by atoms with Gasteiger partial charge in [0.25, 0.3) is 0 Å². The van der Waals surface area contributed by atoms with Crippen molar-refractivity contribution in [1.82, 2.24) is 0 Å². The molecule has 2 bridgehead atoms. The van der Waals surface area contributed by atoms with Crippen LogP contribution in [0.5, 0.6) is 0 Å². The molecule has 0 aliphatic carbocycles. The number of rotatable bonds is 8. The Kier molecular flexibility index (Phi) is 5.40. The van der Waals surface area contributed by atoms with Crippen LogP contribution in [-0.4, -0.2) is 29.8 Å². The Morgan fingerprint density at radius 2 is 2.00 bits per heavy atom. The van der Waals surface area contributed by atoms with Crippen LogP contribution in [0.1, 0.15) is 44.9 Å². The minimum absolute atomic E-state index is 0.261. The number of nitrogens with two attached hydrogens (primary N) is 1. The fraction of sp³-hybridized carbons (Fsp3) is 0.800. The van der Waals surface area contributed by atoms with E-state index in [1.54, 1.807) is 0 Å². The van der Waals surface area contributed by atoms with Crippen molar-refractivity contribution in [3.8, 4) is 0 Å². The van der Waals surface area contributed by atoms with Crippen molar-refractivity contribution in [3.05, 3.63) is 12.2 Å². The molecule has 4 nitrogen and oxygen atoms in total. The van der Waals surface area contributed by atoms with Crippen molar-refractivity contribution in [2.75, 3.05) is 6.54 Å². The Morgan fingerprint density at radius 3 is 2.68 bits per heavy atom. The van der Waals surface area contributed by atoms with E-state index in [2.05, 4.69) is 12.2 Å². The average molecular weight is 267 g/mol. The summed E-state index contributed by atoms with van der Waals surface area (Å²) in [5.74, 6) is 0.545. The Balaban J connectivity index is 1.72. The van der Waals surface area contributed by atoms with Crippen molar-refractivity contribution in [1.29, 1.82) is 0 Å². The van der Waals surface area contributed by atoms with Crippen molar-refractivity contribution in [3.63, 3.8) is 0 Å². The lowest BCUT2D eigenvalue weighted by Gasteiger charge is -2.26. The van der Waals surface area contributed by atoms with Crippen LogP contribution in [-0.2, 0) is 9.53 Å². The van der Waals surface area contributed by atoms with Gasteiger partial charge in [-0.1, -0.05) is 12.2 Å². The second-order valence-corrected chi connectivity index (χ2v) is 5.69. The molecule has 0 spiro atoms. The number of hydrogen-bond donors (Lipinski definition) is 2. The summed E-state index contributed by atoms with van der Waals surface area (Å²) in [6, 6.07) is 0. The first kappa shape index (κ1) is 14.5. The molecule has 108 valence electrons. The van der Waals surface area contributed by atoms with Crippen LogP contribution in [0, 0.1) is 11.8 Å². The maximum atomic E-state index is 10.4. The van der Waals surface area contributed by atoms with E-state index in [1.165, 1.54) is 12.8 Å². The van der Waals surface area contributed by atoms with Gasteiger partial charge in [0.15, 0.2) is 0 Å². The number of allylic oxidation sites excluding steroid dienone is 2. The summed E-state index contributed by atoms with van der Waals surface area (Å²) in [6.07, 6.45) is 11.6. The quantitative estimate of drug-likeness (QED) is 0.523. The summed E-state index contributed by atoms with van der Waals surface area (Å²) in [7, 11) is 0. The summed E-state index contributed by atoms with van der Waals surface area (Å²) in [4.78, 5) is 10.4. The van der Waals surface area contributed by atoms with Gasteiger partial charge in [-0.25, -0.2) is 0 Å². The molecule has 0 aromatic carbocycles. The SMILES string of the molecule is NCC[C@H]1[C@@H](C/C=C\CCCC(=O)O)[C@@H]2CC[C@H]1O2. The van der Waals surface area contributed by atoms with Gasteiger partial charge >= 0.3 is 5.97 Å². The van der Waals surface area contributed by atoms with Crippen molar-refractivity contribution in [2.45, 2.75) is 57.2 Å². The first-order valence-corrected chi connectivity index (χ1v) is 7.44. The van der Waals surface area contributed by atoms with Crippen LogP contribution in [0.15, 0.2) is 12.2 Å². The lowest BCUT2D eigenvalue weighted by Crippen LogP contribution is -2.28. The topological polar surface area (TPSA) is 72.6 Å². The number of ether oxygens (including phenoxy) is 1. The van der Waals surface area contributed by atoms with E-state index < -0.39 is 5.97 Å². The van der Waals surface area contributed by atoms with Crippen LogP contribution < -0.4 is 5.73 Å². The van der Waals surface area contributed by atoms with Crippen LogP contribution in [0.2, 0.25) is 0 Å². The van der Waals surface area contributed by atoms with Gasteiger partial charge in [-0.2, -0.15) is 0 Å². The fourth-order valence-electron chi connectivity index (χ4n) is 3.53. The Hall–Kier alpha value is -0.870. The molecular weight excluding hydrogens is 242 g/mol. The summed E-state index contributed by atoms with van der Waals surface area (Å²) >= 11 is 0. The van der Waals surface area contributed by atoms with Gasteiger partial charge in [0, 0.05) is 6.42 Å². The van der Waals surface area contributed by atoms with E-state index in [9.17, 15) is 4.79 Å². The predicted octanol–water partition coefficient (Wildman–Crippen LogP) is 2.33. The van der Waals surface area contributed by atoms with E-state index in [-0.39, 0.29) is 6.42 Å². The van der Waals surface area contributed by atoms with Gasteiger partial charge in [-0.05, 0) is 56.9 Å². The molecule has 0 aromatic rings. The molecule has 2 heterocycles. The summed E-state index contributed by atoms with van der Waals surface area (Å²) < 4.78 is 5.99. The van der Waals surface area contributed by atoms with Crippen LogP contribution in [0.3, 0.4) is 0 Å². The summed E-state index contributed by atoms with van der Waals surface area (Å²) in [5, 5.41) is 8.56. The normalized spacial score (nSPS) is 33.3. The molecule has 4 atom stereocenters. The number of carboxylic acids is 1. The standard InChI is InChI=1S/C15H25NO3/c16-10-9-12-11(13-7-8-14(12)19-13)5-3-1-2-4-6-15(17)18/h1,3,11-14H,2,4-10,16H2,(H,17,18)/b3-1-/t11-,12+,13+,14-/m1/s1. The van der Waals surface area contributed by atoms with Gasteiger partial charge < -0.3 is 15.6 Å². The van der Waals surface area contributed by atoms with E-state index in [1.807, 2.05) is 0 Å². The third-order valence-corrected chi connectivity index (χ3v) is 4.43. The minimum Gasteiger partial charge on any atom is -0.481 e. The highest BCUT2D eigenvalue weighted by molar-refractivity contribution is 5.66. The van der Waals surface area contributed by atoms with Gasteiger partial charge in [0.1, 0.15) is 0 Å². The zero-order valence-electron chi connectivity index (χ0n) is 11.5. The van der Waals surface area contributed by atoms with Gasteiger partial charge in [0.2, 0.25) is 0 Å². The molecule has 2 aliphatic rings. The molecule has 0 unspecified atom stereocenters. The van der Waals surface area contributed by atoms with Gasteiger partial charge in [-0.3, -0.25) is 4.79 Å². The number of fused-ring (bicyclic) bond motifs is 2.